The van der Waals surface area contributed by atoms with Gasteiger partial charge in [0, 0.05) is 18.1 Å². The van der Waals surface area contributed by atoms with Crippen LogP contribution in [0, 0.1) is 11.3 Å². The molecule has 1 aromatic heterocycles. The highest BCUT2D eigenvalue weighted by Crippen LogP contribution is 2.32. The first-order valence-electron chi connectivity index (χ1n) is 5.52. The second-order valence-corrected chi connectivity index (χ2v) is 4.01. The fourth-order valence-corrected chi connectivity index (χ4v) is 1.69. The highest BCUT2D eigenvalue weighted by molar-refractivity contribution is 6.17. The number of benzene rings is 1. The van der Waals surface area contributed by atoms with E-state index in [4.69, 9.17) is 26.3 Å². The predicted molar refractivity (Wildman–Crippen MR) is 71.6 cm³/mol. The largest absolute Gasteiger partial charge is 0.493 e. The van der Waals surface area contributed by atoms with Gasteiger partial charge in [-0.25, -0.2) is 0 Å². The monoisotopic (exact) mass is 274 g/mol. The van der Waals surface area contributed by atoms with Gasteiger partial charge < -0.3 is 9.47 Å². The lowest BCUT2D eigenvalue weighted by atomic mass is 10.2. The first-order valence-corrected chi connectivity index (χ1v) is 6.06. The summed E-state index contributed by atoms with van der Waals surface area (Å²) in [6.45, 7) is 0. The summed E-state index contributed by atoms with van der Waals surface area (Å²) in [5, 5.41) is 8.84. The van der Waals surface area contributed by atoms with E-state index in [1.54, 1.807) is 36.7 Å². The average Bonchev–Trinajstić information content (AvgIpc) is 2.48. The second kappa shape index (κ2) is 6.07. The third-order valence-electron chi connectivity index (χ3n) is 2.44. The van der Waals surface area contributed by atoms with E-state index in [-0.39, 0.29) is 0 Å². The van der Waals surface area contributed by atoms with Crippen molar-refractivity contribution in [2.75, 3.05) is 7.11 Å². The third kappa shape index (κ3) is 3.15. The molecule has 19 heavy (non-hydrogen) atoms. The van der Waals surface area contributed by atoms with Crippen LogP contribution >= 0.6 is 11.6 Å². The summed E-state index contributed by atoms with van der Waals surface area (Å²) >= 11 is 5.74. The van der Waals surface area contributed by atoms with Crippen LogP contribution in [0.15, 0.2) is 36.7 Å². The fourth-order valence-electron chi connectivity index (χ4n) is 1.54. The number of hydrogen-bond acceptors (Lipinski definition) is 4. The Bertz CT molecular complexity index is 623. The Labute approximate surface area is 116 Å². The molecule has 0 fully saturated rings. The molecular weight excluding hydrogens is 264 g/mol. The maximum absolute atomic E-state index is 8.84. The number of halogens is 1. The molecule has 4 nitrogen and oxygen atoms in total. The van der Waals surface area contributed by atoms with Gasteiger partial charge >= 0.3 is 0 Å². The van der Waals surface area contributed by atoms with E-state index in [0.29, 0.717) is 28.7 Å². The Morgan fingerprint density at radius 3 is 2.79 bits per heavy atom. The van der Waals surface area contributed by atoms with E-state index in [0.717, 1.165) is 5.56 Å². The third-order valence-corrected chi connectivity index (χ3v) is 2.75. The molecule has 0 aliphatic carbocycles. The van der Waals surface area contributed by atoms with Crippen LogP contribution in [0.5, 0.6) is 17.2 Å². The van der Waals surface area contributed by atoms with Gasteiger partial charge in [0.2, 0.25) is 0 Å². The quantitative estimate of drug-likeness (QED) is 0.801. The van der Waals surface area contributed by atoms with Gasteiger partial charge in [0.15, 0.2) is 11.5 Å². The molecule has 0 saturated carbocycles. The van der Waals surface area contributed by atoms with Crippen molar-refractivity contribution in [2.45, 2.75) is 5.88 Å². The highest BCUT2D eigenvalue weighted by Gasteiger charge is 2.07. The molecule has 0 radical (unpaired) electrons. The van der Waals surface area contributed by atoms with Crippen molar-refractivity contribution in [3.63, 3.8) is 0 Å². The van der Waals surface area contributed by atoms with Crippen LogP contribution in [0.3, 0.4) is 0 Å². The van der Waals surface area contributed by atoms with Gasteiger partial charge in [0.25, 0.3) is 0 Å². The number of hydrogen-bond donors (Lipinski definition) is 0. The Balaban J connectivity index is 2.30. The van der Waals surface area contributed by atoms with Crippen molar-refractivity contribution >= 4 is 11.6 Å². The van der Waals surface area contributed by atoms with Crippen LogP contribution < -0.4 is 9.47 Å². The summed E-state index contributed by atoms with van der Waals surface area (Å²) in [6.07, 6.45) is 3.27. The van der Waals surface area contributed by atoms with Crippen molar-refractivity contribution in [1.82, 2.24) is 4.98 Å². The zero-order valence-corrected chi connectivity index (χ0v) is 11.0. The standard InChI is InChI=1S/C14H11ClN2O2/c1-18-14-5-10(7-16)2-3-13(14)19-12-4-11(6-15)8-17-9-12/h2-5,8-9H,6H2,1H3. The summed E-state index contributed by atoms with van der Waals surface area (Å²) in [7, 11) is 1.52. The van der Waals surface area contributed by atoms with Gasteiger partial charge in [-0.3, -0.25) is 4.98 Å². The van der Waals surface area contributed by atoms with Gasteiger partial charge in [0.05, 0.1) is 24.9 Å². The van der Waals surface area contributed by atoms with Gasteiger partial charge in [-0.2, -0.15) is 5.26 Å². The van der Waals surface area contributed by atoms with Crippen LogP contribution in [0.25, 0.3) is 0 Å². The number of ether oxygens (including phenoxy) is 2. The first-order chi connectivity index (χ1) is 9.26. The molecule has 96 valence electrons. The maximum Gasteiger partial charge on any atom is 0.169 e. The van der Waals surface area contributed by atoms with Crippen molar-refractivity contribution in [2.24, 2.45) is 0 Å². The van der Waals surface area contributed by atoms with Crippen LogP contribution in [0.4, 0.5) is 0 Å². The van der Waals surface area contributed by atoms with E-state index in [2.05, 4.69) is 4.98 Å². The minimum atomic E-state index is 0.370. The summed E-state index contributed by atoms with van der Waals surface area (Å²) in [6, 6.07) is 8.82. The molecule has 0 spiro atoms. The number of aromatic nitrogens is 1. The second-order valence-electron chi connectivity index (χ2n) is 3.74. The minimum absolute atomic E-state index is 0.370. The Hall–Kier alpha value is -2.25. The molecule has 0 N–H and O–H groups in total. The van der Waals surface area contributed by atoms with Crippen molar-refractivity contribution in [3.05, 3.63) is 47.8 Å². The molecule has 0 aliphatic heterocycles. The Kier molecular flexibility index (Phi) is 4.22. The minimum Gasteiger partial charge on any atom is -0.493 e. The SMILES string of the molecule is COc1cc(C#N)ccc1Oc1cncc(CCl)c1. The molecule has 0 unspecified atom stereocenters. The molecule has 0 aliphatic rings. The molecular formula is C14H11ClN2O2. The van der Waals surface area contributed by atoms with Gasteiger partial charge in [-0.1, -0.05) is 0 Å². The van der Waals surface area contributed by atoms with Gasteiger partial charge in [-0.05, 0) is 23.8 Å². The van der Waals surface area contributed by atoms with Crippen LogP contribution in [-0.2, 0) is 5.88 Å². The normalized spacial score (nSPS) is 9.74. The summed E-state index contributed by atoms with van der Waals surface area (Å²) < 4.78 is 10.9. The van der Waals surface area contributed by atoms with Crippen molar-refractivity contribution in [3.8, 4) is 23.3 Å². The van der Waals surface area contributed by atoms with Crippen LogP contribution in [-0.4, -0.2) is 12.1 Å². The number of nitriles is 1. The lowest BCUT2D eigenvalue weighted by Crippen LogP contribution is -1.92. The zero-order valence-electron chi connectivity index (χ0n) is 10.3. The van der Waals surface area contributed by atoms with Crippen LogP contribution in [0.2, 0.25) is 0 Å². The summed E-state index contributed by atoms with van der Waals surface area (Å²) in [5.41, 5.74) is 1.38. The maximum atomic E-state index is 8.84. The number of methoxy groups -OCH3 is 1. The molecule has 0 amide bonds. The molecule has 1 aromatic carbocycles. The Morgan fingerprint density at radius 2 is 2.11 bits per heavy atom. The van der Waals surface area contributed by atoms with Crippen molar-refractivity contribution < 1.29 is 9.47 Å². The molecule has 2 rings (SSSR count). The molecule has 0 saturated heterocycles. The molecule has 1 heterocycles. The molecule has 0 atom stereocenters. The Morgan fingerprint density at radius 1 is 1.26 bits per heavy atom. The van der Waals surface area contributed by atoms with Crippen LogP contribution in [0.1, 0.15) is 11.1 Å². The first kappa shape index (κ1) is 13.2. The average molecular weight is 275 g/mol. The van der Waals surface area contributed by atoms with E-state index < -0.39 is 0 Å². The lowest BCUT2D eigenvalue weighted by Gasteiger charge is -2.10. The highest BCUT2D eigenvalue weighted by atomic mass is 35.5. The number of alkyl halides is 1. The summed E-state index contributed by atoms with van der Waals surface area (Å²) in [5.74, 6) is 1.96. The number of rotatable bonds is 4. The van der Waals surface area contributed by atoms with Gasteiger partial charge in [-0.15, -0.1) is 11.6 Å². The summed E-state index contributed by atoms with van der Waals surface area (Å²) in [4.78, 5) is 4.04. The fraction of sp³-hybridized carbons (Fsp3) is 0.143. The zero-order chi connectivity index (χ0) is 13.7. The molecule has 2 aromatic rings. The van der Waals surface area contributed by atoms with E-state index in [1.165, 1.54) is 7.11 Å². The van der Waals surface area contributed by atoms with E-state index >= 15 is 0 Å². The lowest BCUT2D eigenvalue weighted by molar-refractivity contribution is 0.378. The van der Waals surface area contributed by atoms with E-state index in [1.807, 2.05) is 6.07 Å². The predicted octanol–water partition coefficient (Wildman–Crippen LogP) is 3.49. The molecule has 5 heteroatoms. The van der Waals surface area contributed by atoms with Crippen molar-refractivity contribution in [1.29, 1.82) is 5.26 Å². The van der Waals surface area contributed by atoms with E-state index in [9.17, 15) is 0 Å². The smallest absolute Gasteiger partial charge is 0.169 e. The topological polar surface area (TPSA) is 55.1 Å². The number of pyridine rings is 1. The number of nitrogens with zero attached hydrogens (tertiary/aromatic N) is 2. The molecule has 0 bridgehead atoms. The van der Waals surface area contributed by atoms with Gasteiger partial charge in [0.1, 0.15) is 5.75 Å².